The van der Waals surface area contributed by atoms with E-state index in [4.69, 9.17) is 4.42 Å². The largest absolute Gasteiger partial charge is 0.422 e. The van der Waals surface area contributed by atoms with Crippen LogP contribution in [0.15, 0.2) is 33.5 Å². The van der Waals surface area contributed by atoms with Gasteiger partial charge in [0.1, 0.15) is 5.58 Å². The van der Waals surface area contributed by atoms with Gasteiger partial charge in [0.15, 0.2) is 0 Å². The predicted octanol–water partition coefficient (Wildman–Crippen LogP) is 3.41. The van der Waals surface area contributed by atoms with Crippen molar-refractivity contribution in [2.24, 2.45) is 0 Å². The van der Waals surface area contributed by atoms with Crippen LogP contribution < -0.4 is 5.63 Å². The van der Waals surface area contributed by atoms with Crippen LogP contribution in [0.3, 0.4) is 0 Å². The van der Waals surface area contributed by atoms with Gasteiger partial charge in [-0.3, -0.25) is 4.90 Å². The second-order valence-corrected chi connectivity index (χ2v) is 5.29. The van der Waals surface area contributed by atoms with Crippen LogP contribution in [-0.4, -0.2) is 18.0 Å². The highest BCUT2D eigenvalue weighted by molar-refractivity contribution is 5.77. The minimum absolute atomic E-state index is 0.179. The lowest BCUT2D eigenvalue weighted by Gasteiger charge is -2.14. The van der Waals surface area contributed by atoms with Crippen molar-refractivity contribution in [2.45, 2.75) is 25.6 Å². The van der Waals surface area contributed by atoms with E-state index in [1.165, 1.54) is 12.1 Å². The first-order valence-corrected chi connectivity index (χ1v) is 6.80. The maximum absolute atomic E-state index is 12.7. The Bertz CT molecular complexity index is 715. The van der Waals surface area contributed by atoms with Crippen LogP contribution in [0.2, 0.25) is 0 Å². The molecule has 21 heavy (non-hydrogen) atoms. The lowest BCUT2D eigenvalue weighted by molar-refractivity contribution is -0.137. The first kappa shape index (κ1) is 14.1. The van der Waals surface area contributed by atoms with Gasteiger partial charge >= 0.3 is 11.8 Å². The Morgan fingerprint density at radius 2 is 1.86 bits per heavy atom. The zero-order chi connectivity index (χ0) is 15.0. The van der Waals surface area contributed by atoms with Crippen molar-refractivity contribution >= 4 is 11.0 Å². The van der Waals surface area contributed by atoms with Gasteiger partial charge in [0.2, 0.25) is 0 Å². The number of alkyl halides is 3. The van der Waals surface area contributed by atoms with Crippen LogP contribution in [0.25, 0.3) is 11.0 Å². The molecule has 3 rings (SSSR count). The van der Waals surface area contributed by atoms with Crippen molar-refractivity contribution < 1.29 is 17.6 Å². The molecule has 2 heterocycles. The lowest BCUT2D eigenvalue weighted by atomic mass is 10.1. The predicted molar refractivity (Wildman–Crippen MR) is 72.0 cm³/mol. The molecule has 0 spiro atoms. The Balaban J connectivity index is 2.01. The Hall–Kier alpha value is -1.82. The molecule has 1 aromatic heterocycles. The maximum atomic E-state index is 12.7. The van der Waals surface area contributed by atoms with Gasteiger partial charge in [-0.15, -0.1) is 0 Å². The van der Waals surface area contributed by atoms with E-state index in [0.29, 0.717) is 17.5 Å². The molecule has 1 aliphatic rings. The molecule has 0 atom stereocenters. The molecule has 0 N–H and O–H groups in total. The standard InChI is InChI=1S/C15H14F3NO2/c16-15(17,18)12-3-4-13-10(8-12)7-11(14(20)21-13)9-19-5-1-2-6-19/h3-4,7-8H,1-2,5-6,9H2. The topological polar surface area (TPSA) is 33.5 Å². The molecule has 1 aliphatic heterocycles. The van der Waals surface area contributed by atoms with Gasteiger partial charge in [0.05, 0.1) is 11.1 Å². The van der Waals surface area contributed by atoms with Gasteiger partial charge in [0, 0.05) is 11.9 Å². The number of hydrogen-bond acceptors (Lipinski definition) is 3. The van der Waals surface area contributed by atoms with E-state index >= 15 is 0 Å². The number of rotatable bonds is 2. The first-order chi connectivity index (χ1) is 9.93. The van der Waals surface area contributed by atoms with Crippen LogP contribution in [0, 0.1) is 0 Å². The molecule has 0 bridgehead atoms. The van der Waals surface area contributed by atoms with Crippen molar-refractivity contribution in [2.75, 3.05) is 13.1 Å². The summed E-state index contributed by atoms with van der Waals surface area (Å²) in [5.41, 5.74) is -0.632. The molecular weight excluding hydrogens is 283 g/mol. The van der Waals surface area contributed by atoms with E-state index in [0.717, 1.165) is 38.1 Å². The molecule has 3 nitrogen and oxygen atoms in total. The third-order valence-electron chi connectivity index (χ3n) is 3.72. The Labute approximate surface area is 119 Å². The fourth-order valence-corrected chi connectivity index (χ4v) is 2.63. The molecule has 0 aliphatic carbocycles. The van der Waals surface area contributed by atoms with Crippen molar-refractivity contribution in [3.8, 4) is 0 Å². The maximum Gasteiger partial charge on any atom is 0.416 e. The SMILES string of the molecule is O=c1oc2ccc(C(F)(F)F)cc2cc1CN1CCCC1. The first-order valence-electron chi connectivity index (χ1n) is 6.80. The minimum atomic E-state index is -4.40. The third-order valence-corrected chi connectivity index (χ3v) is 3.72. The Morgan fingerprint density at radius 1 is 1.14 bits per heavy atom. The summed E-state index contributed by atoms with van der Waals surface area (Å²) in [7, 11) is 0. The summed E-state index contributed by atoms with van der Waals surface area (Å²) in [6, 6.07) is 4.64. The molecule has 112 valence electrons. The highest BCUT2D eigenvalue weighted by Crippen LogP contribution is 2.31. The van der Waals surface area contributed by atoms with Crippen LogP contribution in [-0.2, 0) is 12.7 Å². The third kappa shape index (κ3) is 2.95. The highest BCUT2D eigenvalue weighted by Gasteiger charge is 2.30. The van der Waals surface area contributed by atoms with Crippen LogP contribution in [0.4, 0.5) is 13.2 Å². The van der Waals surface area contributed by atoms with Crippen molar-refractivity contribution in [3.05, 3.63) is 45.8 Å². The van der Waals surface area contributed by atoms with E-state index in [1.807, 2.05) is 0 Å². The molecular formula is C15H14F3NO2. The average Bonchev–Trinajstić information content (AvgIpc) is 2.91. The smallest absolute Gasteiger partial charge is 0.416 e. The number of fused-ring (bicyclic) bond motifs is 1. The summed E-state index contributed by atoms with van der Waals surface area (Å²) in [4.78, 5) is 14.0. The van der Waals surface area contributed by atoms with Crippen LogP contribution in [0.5, 0.6) is 0 Å². The van der Waals surface area contributed by atoms with Crippen molar-refractivity contribution in [1.29, 1.82) is 0 Å². The second kappa shape index (κ2) is 5.18. The number of hydrogen-bond donors (Lipinski definition) is 0. The Kier molecular flexibility index (Phi) is 3.49. The molecule has 0 saturated carbocycles. The monoisotopic (exact) mass is 297 g/mol. The lowest BCUT2D eigenvalue weighted by Crippen LogP contribution is -2.22. The molecule has 2 aromatic rings. The summed E-state index contributed by atoms with van der Waals surface area (Å²) in [5.74, 6) is 0. The van der Waals surface area contributed by atoms with Gasteiger partial charge in [-0.1, -0.05) is 0 Å². The van der Waals surface area contributed by atoms with E-state index in [9.17, 15) is 18.0 Å². The van der Waals surface area contributed by atoms with E-state index < -0.39 is 17.4 Å². The fraction of sp³-hybridized carbons (Fsp3) is 0.400. The van der Waals surface area contributed by atoms with Gasteiger partial charge in [0.25, 0.3) is 0 Å². The number of nitrogens with zero attached hydrogens (tertiary/aromatic N) is 1. The van der Waals surface area contributed by atoms with Crippen LogP contribution >= 0.6 is 0 Å². The summed E-state index contributed by atoms with van der Waals surface area (Å²) in [5, 5.41) is 0.304. The molecule has 0 radical (unpaired) electrons. The summed E-state index contributed by atoms with van der Waals surface area (Å²) < 4.78 is 43.3. The zero-order valence-electron chi connectivity index (χ0n) is 11.2. The van der Waals surface area contributed by atoms with E-state index in [1.54, 1.807) is 0 Å². The molecule has 0 unspecified atom stereocenters. The zero-order valence-corrected chi connectivity index (χ0v) is 11.2. The van der Waals surface area contributed by atoms with E-state index in [2.05, 4.69) is 4.90 Å². The van der Waals surface area contributed by atoms with Gasteiger partial charge in [-0.05, 0) is 50.2 Å². The summed E-state index contributed by atoms with van der Waals surface area (Å²) in [6.07, 6.45) is -2.24. The molecule has 0 amide bonds. The number of halogens is 3. The molecule has 1 saturated heterocycles. The molecule has 1 fully saturated rings. The molecule has 1 aromatic carbocycles. The van der Waals surface area contributed by atoms with Crippen LogP contribution in [0.1, 0.15) is 24.0 Å². The summed E-state index contributed by atoms with van der Waals surface area (Å²) in [6.45, 7) is 2.23. The van der Waals surface area contributed by atoms with Gasteiger partial charge in [-0.2, -0.15) is 13.2 Å². The quantitative estimate of drug-likeness (QED) is 0.797. The van der Waals surface area contributed by atoms with Gasteiger partial charge < -0.3 is 4.42 Å². The average molecular weight is 297 g/mol. The highest BCUT2D eigenvalue weighted by atomic mass is 19.4. The second-order valence-electron chi connectivity index (χ2n) is 5.29. The van der Waals surface area contributed by atoms with Crippen molar-refractivity contribution in [1.82, 2.24) is 4.90 Å². The fourth-order valence-electron chi connectivity index (χ4n) is 2.63. The van der Waals surface area contributed by atoms with Crippen molar-refractivity contribution in [3.63, 3.8) is 0 Å². The summed E-state index contributed by atoms with van der Waals surface area (Å²) >= 11 is 0. The molecule has 6 heteroatoms. The Morgan fingerprint density at radius 3 is 2.52 bits per heavy atom. The normalized spacial score (nSPS) is 16.7. The van der Waals surface area contributed by atoms with E-state index in [-0.39, 0.29) is 5.58 Å². The minimum Gasteiger partial charge on any atom is -0.422 e. The van der Waals surface area contributed by atoms with Gasteiger partial charge in [-0.25, -0.2) is 4.79 Å². The number of likely N-dealkylation sites (tertiary alicyclic amines) is 1. The number of benzene rings is 1.